The van der Waals surface area contributed by atoms with Crippen LogP contribution in [0.15, 0.2) is 250 Å². The molecule has 15 nitrogen and oxygen atoms in total. The van der Waals surface area contributed by atoms with Gasteiger partial charge in [-0.25, -0.2) is 43.1 Å². The fraction of sp³-hybridized carbons (Fsp3) is 0.0886. The number of nitrogens with two attached hydrogens (primary N) is 1. The fourth-order valence-corrected chi connectivity index (χ4v) is 12.6. The number of hydrogen-bond acceptors (Lipinski definition) is 14. The van der Waals surface area contributed by atoms with Gasteiger partial charge in [-0.1, -0.05) is 60.7 Å². The summed E-state index contributed by atoms with van der Waals surface area (Å²) in [5.74, 6) is -0.166. The number of pyridine rings is 9. The lowest BCUT2D eigenvalue weighted by molar-refractivity contribution is 0.0323. The van der Waals surface area contributed by atoms with Crippen molar-refractivity contribution in [1.29, 1.82) is 0 Å². The second-order valence-electron chi connectivity index (χ2n) is 23.2. The van der Waals surface area contributed by atoms with Crippen LogP contribution in [0.1, 0.15) is 0 Å². The quantitative estimate of drug-likeness (QED) is 0.121. The van der Waals surface area contributed by atoms with E-state index >= 15 is 0 Å². The molecule has 0 aliphatic carbocycles. The SMILES string of the molecule is Cn1cc(-c2ccc(-c3cc(-c4ccccc4F)nc4ncccc34)c3cnccc23)cn1.Fc1ccccc1-c1cc(-c2ccc(OCCN3CCOCC3)c3cnccc23)c2cccnc2n1.Nc1ccc2cnccc2c1-c1cc(-c2ccccc2F)nc2ncccc12. The van der Waals surface area contributed by atoms with Crippen LogP contribution < -0.4 is 10.5 Å². The first-order chi connectivity index (χ1) is 47.7. The highest BCUT2D eigenvalue weighted by atomic mass is 19.1. The molecule has 1 saturated heterocycles. The van der Waals surface area contributed by atoms with E-state index in [9.17, 15) is 13.2 Å². The van der Waals surface area contributed by atoms with Gasteiger partial charge >= 0.3 is 0 Å². The molecule has 0 saturated carbocycles. The van der Waals surface area contributed by atoms with Gasteiger partial charge < -0.3 is 15.2 Å². The second kappa shape index (κ2) is 27.0. The van der Waals surface area contributed by atoms with E-state index in [1.807, 2.05) is 135 Å². The molecule has 2 N–H and O–H groups in total. The molecule has 0 amide bonds. The Balaban J connectivity index is 0.000000120. The number of anilines is 1. The molecule has 17 rings (SSSR count). The van der Waals surface area contributed by atoms with E-state index in [1.54, 1.807) is 90.5 Å². The Hall–Kier alpha value is -12.3. The summed E-state index contributed by atoms with van der Waals surface area (Å²) in [4.78, 5) is 42.6. The summed E-state index contributed by atoms with van der Waals surface area (Å²) in [5.41, 5.74) is 19.3. The minimum atomic E-state index is -0.327. The van der Waals surface area contributed by atoms with Gasteiger partial charge in [-0.05, 0) is 171 Å². The molecule has 1 fully saturated rings. The van der Waals surface area contributed by atoms with Gasteiger partial charge in [-0.15, -0.1) is 0 Å². The number of morpholine rings is 1. The number of nitrogen functional groups attached to an aromatic ring is 1. The maximum absolute atomic E-state index is 14.7. The van der Waals surface area contributed by atoms with Crippen LogP contribution in [0.2, 0.25) is 0 Å². The standard InChI is InChI=1S/C29H25FN4O2.C27H18FN5.C23H15FN4/c30-26-6-2-1-4-23(26)27-18-24(22-5-3-10-32-29(22)33-27)20-7-8-28(25-19-31-11-9-21(20)25)36-17-14-34-12-15-35-16-13-34;1-33-16-17(14-31-33)18-8-9-19(24-15-29-12-10-20(18)24)23-13-26(22-5-2-3-7-25(22)28)32-27-21(23)6-4-11-30-27;24-19-6-2-1-4-17(19)21-12-18(16-5-3-10-27-23(16)28-21)22-15-9-11-26-13-14(15)7-8-20(22)25/h1-11,18-19H,12-17H2;2-16H,1H3;1-13H,25H2. The van der Waals surface area contributed by atoms with Crippen molar-refractivity contribution >= 4 is 71.1 Å². The van der Waals surface area contributed by atoms with Gasteiger partial charge in [0.1, 0.15) is 29.8 Å². The Morgan fingerprint density at radius 1 is 0.433 bits per heavy atom. The van der Waals surface area contributed by atoms with Crippen molar-refractivity contribution in [2.75, 3.05) is 45.2 Å². The Bertz CT molecular complexity index is 5630. The topological polar surface area (TPSA) is 182 Å². The first kappa shape index (κ1) is 61.0. The predicted molar refractivity (Wildman–Crippen MR) is 376 cm³/mol. The zero-order chi connectivity index (χ0) is 65.8. The first-order valence-electron chi connectivity index (χ1n) is 31.5. The van der Waals surface area contributed by atoms with Crippen molar-refractivity contribution < 1.29 is 22.6 Å². The molecule has 97 heavy (non-hydrogen) atoms. The van der Waals surface area contributed by atoms with Gasteiger partial charge in [0.25, 0.3) is 0 Å². The molecular weight excluding hydrogens is 1220 g/mol. The largest absolute Gasteiger partial charge is 0.492 e. The third kappa shape index (κ3) is 12.4. The molecule has 0 bridgehead atoms. The van der Waals surface area contributed by atoms with E-state index in [0.717, 1.165) is 132 Å². The van der Waals surface area contributed by atoms with Gasteiger partial charge in [0.15, 0.2) is 16.9 Å². The van der Waals surface area contributed by atoms with Gasteiger partial charge in [0, 0.05) is 154 Å². The van der Waals surface area contributed by atoms with Gasteiger partial charge in [-0.2, -0.15) is 5.10 Å². The molecular formula is C79H58F3N13O2. The molecule has 1 aliphatic heterocycles. The number of aromatic nitrogens is 11. The van der Waals surface area contributed by atoms with E-state index < -0.39 is 0 Å². The molecule has 0 radical (unpaired) electrons. The zero-order valence-corrected chi connectivity index (χ0v) is 52.3. The number of nitrogens with zero attached hydrogens (tertiary/aromatic N) is 12. The minimum Gasteiger partial charge on any atom is -0.492 e. The van der Waals surface area contributed by atoms with Crippen molar-refractivity contribution in [2.45, 2.75) is 0 Å². The average molecular weight is 1280 g/mol. The highest BCUT2D eigenvalue weighted by Crippen LogP contribution is 2.43. The molecule has 16 aromatic rings. The summed E-state index contributed by atoms with van der Waals surface area (Å²) in [6.07, 6.45) is 19.8. The van der Waals surface area contributed by atoms with Crippen LogP contribution in [0.5, 0.6) is 5.75 Å². The Morgan fingerprint density at radius 2 is 0.918 bits per heavy atom. The predicted octanol–water partition coefficient (Wildman–Crippen LogP) is 16.6. The van der Waals surface area contributed by atoms with Gasteiger partial charge in [0.05, 0.1) is 36.5 Å². The van der Waals surface area contributed by atoms with Gasteiger partial charge in [0.2, 0.25) is 0 Å². The summed E-state index contributed by atoms with van der Waals surface area (Å²) in [7, 11) is 1.90. The number of rotatable bonds is 11. The third-order valence-corrected chi connectivity index (χ3v) is 17.3. The molecule has 0 spiro atoms. The van der Waals surface area contributed by atoms with Crippen molar-refractivity contribution in [3.63, 3.8) is 0 Å². The number of fused-ring (bicyclic) bond motifs is 6. The molecule has 472 valence electrons. The molecule has 1 aliphatic rings. The number of benzene rings is 6. The Labute approximate surface area is 554 Å². The fourth-order valence-electron chi connectivity index (χ4n) is 12.6. The maximum Gasteiger partial charge on any atom is 0.160 e. The van der Waals surface area contributed by atoms with Crippen molar-refractivity contribution in [3.8, 4) is 84.0 Å². The number of hydrogen-bond donors (Lipinski definition) is 1. The second-order valence-corrected chi connectivity index (χ2v) is 23.2. The Morgan fingerprint density at radius 3 is 1.47 bits per heavy atom. The summed E-state index contributed by atoms with van der Waals surface area (Å²) in [6.45, 7) is 4.83. The van der Waals surface area contributed by atoms with E-state index in [2.05, 4.69) is 73.1 Å². The average Bonchev–Trinajstić information content (AvgIpc) is 1.78. The van der Waals surface area contributed by atoms with Crippen molar-refractivity contribution in [2.24, 2.45) is 7.05 Å². The van der Waals surface area contributed by atoms with Crippen molar-refractivity contribution in [3.05, 3.63) is 268 Å². The summed E-state index contributed by atoms with van der Waals surface area (Å²) < 4.78 is 57.2. The van der Waals surface area contributed by atoms with Gasteiger partial charge in [-0.3, -0.25) is 24.5 Å². The van der Waals surface area contributed by atoms with Crippen LogP contribution in [0.4, 0.5) is 18.9 Å². The van der Waals surface area contributed by atoms with Crippen LogP contribution >= 0.6 is 0 Å². The summed E-state index contributed by atoms with van der Waals surface area (Å²) >= 11 is 0. The number of ether oxygens (including phenoxy) is 2. The molecule has 10 aromatic heterocycles. The van der Waals surface area contributed by atoms with E-state index in [1.165, 1.54) is 18.2 Å². The highest BCUT2D eigenvalue weighted by Gasteiger charge is 2.21. The van der Waals surface area contributed by atoms with E-state index in [0.29, 0.717) is 63.0 Å². The molecule has 0 unspecified atom stereocenters. The summed E-state index contributed by atoms with van der Waals surface area (Å²) in [5, 5.41) is 12.9. The van der Waals surface area contributed by atoms with Crippen LogP contribution in [0.3, 0.4) is 0 Å². The molecule has 6 aromatic carbocycles. The van der Waals surface area contributed by atoms with E-state index in [4.69, 9.17) is 15.2 Å². The maximum atomic E-state index is 14.7. The first-order valence-corrected chi connectivity index (χ1v) is 31.5. The molecule has 11 heterocycles. The zero-order valence-electron chi connectivity index (χ0n) is 52.3. The van der Waals surface area contributed by atoms with Crippen LogP contribution in [0.25, 0.3) is 144 Å². The number of halogens is 3. The monoisotopic (exact) mass is 1280 g/mol. The number of aryl methyl sites for hydroxylation is 1. The van der Waals surface area contributed by atoms with E-state index in [-0.39, 0.29) is 17.5 Å². The van der Waals surface area contributed by atoms with Crippen LogP contribution in [-0.2, 0) is 11.8 Å². The smallest absolute Gasteiger partial charge is 0.160 e. The van der Waals surface area contributed by atoms with Crippen LogP contribution in [-0.4, -0.2) is 99.0 Å². The Kier molecular flexibility index (Phi) is 17.0. The lowest BCUT2D eigenvalue weighted by Crippen LogP contribution is -2.38. The van der Waals surface area contributed by atoms with Crippen molar-refractivity contribution in [1.82, 2.24) is 59.5 Å². The third-order valence-electron chi connectivity index (χ3n) is 17.3. The lowest BCUT2D eigenvalue weighted by Gasteiger charge is -2.26. The molecule has 0 atom stereocenters. The van der Waals surface area contributed by atoms with Crippen LogP contribution in [0, 0.1) is 17.5 Å². The normalized spacial score (nSPS) is 12.4. The summed E-state index contributed by atoms with van der Waals surface area (Å²) in [6, 6.07) is 55.3. The molecule has 18 heteroatoms. The highest BCUT2D eigenvalue weighted by molar-refractivity contribution is 6.11. The minimum absolute atomic E-state index is 0.315. The lowest BCUT2D eigenvalue weighted by atomic mass is 9.92.